The van der Waals surface area contributed by atoms with E-state index < -0.39 is 0 Å². The second-order valence-electron chi connectivity index (χ2n) is 4.22. The van der Waals surface area contributed by atoms with Crippen molar-refractivity contribution in [3.63, 3.8) is 0 Å². The summed E-state index contributed by atoms with van der Waals surface area (Å²) in [6.07, 6.45) is 7.72. The fourth-order valence-electron chi connectivity index (χ4n) is 1.67. The molecule has 0 aromatic carbocycles. The Morgan fingerprint density at radius 1 is 1.14 bits per heavy atom. The Hall–Kier alpha value is 0.250. The summed E-state index contributed by atoms with van der Waals surface area (Å²) in [5, 5.41) is 0. The van der Waals surface area contributed by atoms with E-state index >= 15 is 0 Å². The van der Waals surface area contributed by atoms with Gasteiger partial charge in [-0.2, -0.15) is 0 Å². The Kier molecular flexibility index (Phi) is 9.97. The highest BCUT2D eigenvalue weighted by Crippen LogP contribution is 2.07. The van der Waals surface area contributed by atoms with Crippen LogP contribution in [-0.4, -0.2) is 30.4 Å². The molecule has 1 unspecified atom stereocenters. The molecule has 0 N–H and O–H groups in total. The van der Waals surface area contributed by atoms with Crippen LogP contribution in [0.3, 0.4) is 0 Å². The lowest BCUT2D eigenvalue weighted by atomic mass is 10.1. The van der Waals surface area contributed by atoms with E-state index in [1.54, 1.807) is 0 Å². The van der Waals surface area contributed by atoms with E-state index in [2.05, 4.69) is 25.8 Å². The topological polar surface area (TPSA) is 3.24 Å². The molecule has 14 heavy (non-hydrogen) atoms. The molecule has 1 nitrogen and oxygen atoms in total. The first-order chi connectivity index (χ1) is 6.72. The third kappa shape index (κ3) is 7.64. The normalized spacial score (nSPS) is 13.5. The summed E-state index contributed by atoms with van der Waals surface area (Å²) >= 11 is 5.62. The number of hydrogen-bond acceptors (Lipinski definition) is 1. The highest BCUT2D eigenvalue weighted by Gasteiger charge is 2.06. The third-order valence-corrected chi connectivity index (χ3v) is 3.12. The minimum Gasteiger partial charge on any atom is -0.304 e. The minimum atomic E-state index is 0.744. The molecule has 0 aliphatic heterocycles. The predicted molar refractivity (Wildman–Crippen MR) is 66.2 cm³/mol. The number of hydrogen-bond donors (Lipinski definition) is 0. The third-order valence-electron chi connectivity index (χ3n) is 2.85. The molecule has 0 aliphatic carbocycles. The van der Waals surface area contributed by atoms with Crippen molar-refractivity contribution in [2.45, 2.75) is 58.4 Å². The first-order valence-electron chi connectivity index (χ1n) is 5.98. The van der Waals surface area contributed by atoms with Crippen LogP contribution < -0.4 is 0 Å². The highest BCUT2D eigenvalue weighted by molar-refractivity contribution is 6.17. The molecule has 0 saturated heterocycles. The molecule has 2 heteroatoms. The van der Waals surface area contributed by atoms with E-state index in [4.69, 9.17) is 11.6 Å². The second-order valence-corrected chi connectivity index (χ2v) is 4.60. The molecule has 0 rings (SSSR count). The molecular formula is C12H26ClN. The molecule has 0 heterocycles. The lowest BCUT2D eigenvalue weighted by Crippen LogP contribution is -2.29. The lowest BCUT2D eigenvalue weighted by molar-refractivity contribution is 0.239. The average molecular weight is 220 g/mol. The molecule has 0 aromatic rings. The molecule has 0 aliphatic rings. The van der Waals surface area contributed by atoms with Gasteiger partial charge >= 0.3 is 0 Å². The minimum absolute atomic E-state index is 0.744. The van der Waals surface area contributed by atoms with Gasteiger partial charge in [0.15, 0.2) is 0 Å². The molecular weight excluding hydrogens is 194 g/mol. The Balaban J connectivity index is 3.29. The van der Waals surface area contributed by atoms with Gasteiger partial charge in [-0.05, 0) is 39.8 Å². The van der Waals surface area contributed by atoms with E-state index in [1.807, 2.05) is 0 Å². The van der Waals surface area contributed by atoms with Gasteiger partial charge in [-0.25, -0.2) is 0 Å². The summed E-state index contributed by atoms with van der Waals surface area (Å²) in [6, 6.07) is 0.744. The van der Waals surface area contributed by atoms with Crippen molar-refractivity contribution in [1.82, 2.24) is 4.90 Å². The average Bonchev–Trinajstić information content (AvgIpc) is 2.17. The summed E-state index contributed by atoms with van der Waals surface area (Å²) in [6.45, 7) is 5.82. The van der Waals surface area contributed by atoms with Gasteiger partial charge < -0.3 is 4.90 Å². The van der Waals surface area contributed by atoms with Gasteiger partial charge in [0.2, 0.25) is 0 Å². The summed E-state index contributed by atoms with van der Waals surface area (Å²) in [7, 11) is 2.24. The fourth-order valence-corrected chi connectivity index (χ4v) is 1.86. The number of unbranched alkanes of at least 4 members (excludes halogenated alkanes) is 3. The van der Waals surface area contributed by atoms with E-state index in [0.717, 1.165) is 11.9 Å². The van der Waals surface area contributed by atoms with Crippen molar-refractivity contribution in [1.29, 1.82) is 0 Å². The maximum atomic E-state index is 5.62. The Morgan fingerprint density at radius 3 is 2.36 bits per heavy atom. The van der Waals surface area contributed by atoms with Crippen LogP contribution in [0.15, 0.2) is 0 Å². The SMILES string of the molecule is CCCC(C)N(C)CCCCCCCl. The zero-order valence-electron chi connectivity index (χ0n) is 10.1. The molecule has 0 aromatic heterocycles. The van der Waals surface area contributed by atoms with Crippen molar-refractivity contribution in [3.05, 3.63) is 0 Å². The molecule has 0 spiro atoms. The van der Waals surface area contributed by atoms with Crippen LogP contribution in [0, 0.1) is 0 Å². The molecule has 1 atom stereocenters. The lowest BCUT2D eigenvalue weighted by Gasteiger charge is -2.24. The maximum absolute atomic E-state index is 5.62. The number of alkyl halides is 1. The predicted octanol–water partition coefficient (Wildman–Crippen LogP) is 3.91. The zero-order chi connectivity index (χ0) is 10.8. The quantitative estimate of drug-likeness (QED) is 0.420. The van der Waals surface area contributed by atoms with E-state index in [-0.39, 0.29) is 0 Å². The van der Waals surface area contributed by atoms with Crippen LogP contribution in [0.5, 0.6) is 0 Å². The molecule has 0 radical (unpaired) electrons. The van der Waals surface area contributed by atoms with Gasteiger partial charge in [-0.1, -0.05) is 26.2 Å². The van der Waals surface area contributed by atoms with Crippen molar-refractivity contribution >= 4 is 11.6 Å². The van der Waals surface area contributed by atoms with Gasteiger partial charge in [0.25, 0.3) is 0 Å². The van der Waals surface area contributed by atoms with Crippen molar-refractivity contribution in [2.24, 2.45) is 0 Å². The molecule has 0 amide bonds. The Bertz CT molecular complexity index is 117. The van der Waals surface area contributed by atoms with Crippen LogP contribution in [0.4, 0.5) is 0 Å². The van der Waals surface area contributed by atoms with Crippen LogP contribution in [-0.2, 0) is 0 Å². The van der Waals surface area contributed by atoms with E-state index in [1.165, 1.54) is 45.1 Å². The molecule has 0 saturated carbocycles. The van der Waals surface area contributed by atoms with Crippen molar-refractivity contribution < 1.29 is 0 Å². The van der Waals surface area contributed by atoms with E-state index in [9.17, 15) is 0 Å². The number of rotatable bonds is 9. The van der Waals surface area contributed by atoms with Crippen LogP contribution in [0.25, 0.3) is 0 Å². The molecule has 86 valence electrons. The van der Waals surface area contributed by atoms with Crippen LogP contribution in [0.2, 0.25) is 0 Å². The van der Waals surface area contributed by atoms with Crippen molar-refractivity contribution in [3.8, 4) is 0 Å². The zero-order valence-corrected chi connectivity index (χ0v) is 10.8. The largest absolute Gasteiger partial charge is 0.304 e. The monoisotopic (exact) mass is 219 g/mol. The second kappa shape index (κ2) is 9.79. The Labute approximate surface area is 94.8 Å². The van der Waals surface area contributed by atoms with Gasteiger partial charge in [0.05, 0.1) is 0 Å². The van der Waals surface area contributed by atoms with Crippen LogP contribution in [0.1, 0.15) is 52.4 Å². The number of halogens is 1. The molecule has 0 bridgehead atoms. The summed E-state index contributed by atoms with van der Waals surface area (Å²) in [4.78, 5) is 2.48. The molecule has 0 fully saturated rings. The van der Waals surface area contributed by atoms with Gasteiger partial charge in [0.1, 0.15) is 0 Å². The number of nitrogens with zero attached hydrogens (tertiary/aromatic N) is 1. The summed E-state index contributed by atoms with van der Waals surface area (Å²) in [5.74, 6) is 0.822. The summed E-state index contributed by atoms with van der Waals surface area (Å²) in [5.41, 5.74) is 0. The van der Waals surface area contributed by atoms with Gasteiger partial charge in [-0.15, -0.1) is 11.6 Å². The first kappa shape index (κ1) is 14.2. The Morgan fingerprint density at radius 2 is 1.79 bits per heavy atom. The van der Waals surface area contributed by atoms with E-state index in [0.29, 0.717) is 0 Å². The van der Waals surface area contributed by atoms with Gasteiger partial charge in [-0.3, -0.25) is 0 Å². The standard InChI is InChI=1S/C12H26ClN/c1-4-9-12(2)14(3)11-8-6-5-7-10-13/h12H,4-11H2,1-3H3. The van der Waals surface area contributed by atoms with Crippen LogP contribution >= 0.6 is 11.6 Å². The smallest absolute Gasteiger partial charge is 0.0223 e. The summed E-state index contributed by atoms with van der Waals surface area (Å²) < 4.78 is 0. The maximum Gasteiger partial charge on any atom is 0.0223 e. The first-order valence-corrected chi connectivity index (χ1v) is 6.52. The van der Waals surface area contributed by atoms with Crippen molar-refractivity contribution in [2.75, 3.05) is 19.5 Å². The van der Waals surface area contributed by atoms with Gasteiger partial charge in [0, 0.05) is 11.9 Å². The highest BCUT2D eigenvalue weighted by atomic mass is 35.5. The fraction of sp³-hybridized carbons (Fsp3) is 1.00.